The third-order valence-electron chi connectivity index (χ3n) is 3.99. The molecule has 3 nitrogen and oxygen atoms in total. The van der Waals surface area contributed by atoms with E-state index in [9.17, 15) is 18.0 Å². The molecular formula is C18H15ClF3NO2. The fraction of sp³-hybridized carbons (Fsp3) is 0.278. The van der Waals surface area contributed by atoms with Crippen molar-refractivity contribution in [2.75, 3.05) is 4.90 Å². The second-order valence-electron chi connectivity index (χ2n) is 5.86. The molecule has 1 aliphatic rings. The van der Waals surface area contributed by atoms with Gasteiger partial charge in [-0.2, -0.15) is 13.2 Å². The molecule has 1 heterocycles. The van der Waals surface area contributed by atoms with E-state index in [1.165, 1.54) is 0 Å². The predicted octanol–water partition coefficient (Wildman–Crippen LogP) is 5.36. The van der Waals surface area contributed by atoms with Gasteiger partial charge in [-0.15, -0.1) is 0 Å². The summed E-state index contributed by atoms with van der Waals surface area (Å²) < 4.78 is 43.9. The number of hydrogen-bond donors (Lipinski definition) is 0. The fourth-order valence-electron chi connectivity index (χ4n) is 2.96. The van der Waals surface area contributed by atoms with Crippen molar-refractivity contribution in [2.45, 2.75) is 31.7 Å². The van der Waals surface area contributed by atoms with Crippen molar-refractivity contribution >= 4 is 23.4 Å². The van der Waals surface area contributed by atoms with Gasteiger partial charge in [-0.25, -0.2) is 4.79 Å². The quantitative estimate of drug-likeness (QED) is 0.728. The molecule has 0 saturated carbocycles. The zero-order chi connectivity index (χ0) is 18.0. The Morgan fingerprint density at radius 2 is 1.92 bits per heavy atom. The number of hydrogen-bond acceptors (Lipinski definition) is 2. The summed E-state index contributed by atoms with van der Waals surface area (Å²) >= 11 is 5.92. The van der Waals surface area contributed by atoms with E-state index in [0.717, 1.165) is 10.5 Å². The lowest BCUT2D eigenvalue weighted by molar-refractivity contribution is -0.137. The van der Waals surface area contributed by atoms with Gasteiger partial charge < -0.3 is 4.74 Å². The highest BCUT2D eigenvalue weighted by molar-refractivity contribution is 6.30. The average Bonchev–Trinajstić information content (AvgIpc) is 2.88. The third kappa shape index (κ3) is 4.25. The van der Waals surface area contributed by atoms with Gasteiger partial charge in [-0.3, -0.25) is 4.90 Å². The van der Waals surface area contributed by atoms with Crippen LogP contribution in [0.25, 0.3) is 0 Å². The first-order valence-electron chi connectivity index (χ1n) is 7.68. The summed E-state index contributed by atoms with van der Waals surface area (Å²) in [5.41, 5.74) is 1.79. The number of benzene rings is 2. The van der Waals surface area contributed by atoms with Crippen LogP contribution >= 0.6 is 11.6 Å². The first kappa shape index (κ1) is 17.6. The lowest BCUT2D eigenvalue weighted by Gasteiger charge is -2.25. The number of alkyl halides is 3. The molecule has 2 aromatic rings. The van der Waals surface area contributed by atoms with Crippen LogP contribution in [0.1, 0.15) is 17.5 Å². The third-order valence-corrected chi connectivity index (χ3v) is 4.23. The number of ether oxygens (including phenoxy) is 1. The molecule has 0 fully saturated rings. The molecule has 7 heteroatoms. The van der Waals surface area contributed by atoms with Crippen molar-refractivity contribution in [1.82, 2.24) is 0 Å². The van der Waals surface area contributed by atoms with E-state index in [0.29, 0.717) is 16.3 Å². The van der Waals surface area contributed by atoms with Gasteiger partial charge in [0.2, 0.25) is 0 Å². The van der Waals surface area contributed by atoms with Gasteiger partial charge in [0.05, 0.1) is 18.2 Å². The maximum absolute atomic E-state index is 12.9. The number of carbonyl (C=O) groups is 1. The highest BCUT2D eigenvalue weighted by Crippen LogP contribution is 2.38. The van der Waals surface area contributed by atoms with Crippen molar-refractivity contribution in [3.63, 3.8) is 0 Å². The van der Waals surface area contributed by atoms with Gasteiger partial charge in [-0.1, -0.05) is 41.9 Å². The van der Waals surface area contributed by atoms with Crippen LogP contribution in [0, 0.1) is 0 Å². The van der Waals surface area contributed by atoms with Crippen LogP contribution in [0.15, 0.2) is 48.5 Å². The number of halogens is 4. The molecule has 1 aliphatic heterocycles. The second-order valence-corrected chi connectivity index (χ2v) is 6.30. The first-order valence-corrected chi connectivity index (χ1v) is 8.06. The van der Waals surface area contributed by atoms with Gasteiger partial charge in [0.15, 0.2) is 0 Å². The SMILES string of the molecule is O=C(OCc1ccccc1)N1c2ccc(Cl)cc2CC1CC(F)(F)F. The van der Waals surface area contributed by atoms with Crippen molar-refractivity contribution in [3.8, 4) is 0 Å². The summed E-state index contributed by atoms with van der Waals surface area (Å²) in [5, 5.41) is 0.420. The number of carbonyl (C=O) groups excluding carboxylic acids is 1. The molecule has 0 radical (unpaired) electrons. The second kappa shape index (κ2) is 6.96. The fourth-order valence-corrected chi connectivity index (χ4v) is 3.16. The normalized spacial score (nSPS) is 16.6. The van der Waals surface area contributed by atoms with E-state index in [2.05, 4.69) is 0 Å². The summed E-state index contributed by atoms with van der Waals surface area (Å²) in [6.07, 6.45) is -6.18. The summed E-state index contributed by atoms with van der Waals surface area (Å²) in [7, 11) is 0. The van der Waals surface area contributed by atoms with Gasteiger partial charge in [0, 0.05) is 5.02 Å². The van der Waals surface area contributed by atoms with Crippen LogP contribution in [-0.2, 0) is 17.8 Å². The zero-order valence-electron chi connectivity index (χ0n) is 13.1. The lowest BCUT2D eigenvalue weighted by atomic mass is 10.1. The van der Waals surface area contributed by atoms with Crippen LogP contribution in [-0.4, -0.2) is 18.3 Å². The number of anilines is 1. The number of nitrogens with zero attached hydrogens (tertiary/aromatic N) is 1. The molecule has 0 aliphatic carbocycles. The Bertz CT molecular complexity index is 765. The minimum atomic E-state index is -4.38. The lowest BCUT2D eigenvalue weighted by Crippen LogP contribution is -2.40. The first-order chi connectivity index (χ1) is 11.8. The highest BCUT2D eigenvalue weighted by Gasteiger charge is 2.42. The van der Waals surface area contributed by atoms with E-state index in [1.54, 1.807) is 42.5 Å². The molecule has 0 bridgehead atoms. The molecule has 25 heavy (non-hydrogen) atoms. The molecule has 2 aromatic carbocycles. The largest absolute Gasteiger partial charge is 0.444 e. The van der Waals surface area contributed by atoms with E-state index < -0.39 is 24.7 Å². The highest BCUT2D eigenvalue weighted by atomic mass is 35.5. The Kier molecular flexibility index (Phi) is 4.90. The smallest absolute Gasteiger partial charge is 0.414 e. The molecule has 3 rings (SSSR count). The average molecular weight is 370 g/mol. The van der Waals surface area contributed by atoms with E-state index in [4.69, 9.17) is 16.3 Å². The number of amides is 1. The molecule has 1 amide bonds. The Balaban J connectivity index is 1.80. The molecular weight excluding hydrogens is 355 g/mol. The Morgan fingerprint density at radius 1 is 1.20 bits per heavy atom. The van der Waals surface area contributed by atoms with Crippen LogP contribution in [0.5, 0.6) is 0 Å². The summed E-state index contributed by atoms with van der Waals surface area (Å²) in [4.78, 5) is 13.6. The number of rotatable bonds is 3. The van der Waals surface area contributed by atoms with Gasteiger partial charge in [-0.05, 0) is 35.7 Å². The minimum absolute atomic E-state index is 0.00215. The molecule has 1 unspecified atom stereocenters. The Hall–Kier alpha value is -2.21. The summed E-state index contributed by atoms with van der Waals surface area (Å²) in [5.74, 6) is 0. The van der Waals surface area contributed by atoms with E-state index in [1.807, 2.05) is 6.07 Å². The van der Waals surface area contributed by atoms with Crippen LogP contribution in [0.2, 0.25) is 5.02 Å². The summed E-state index contributed by atoms with van der Waals surface area (Å²) in [6.45, 7) is -0.00215. The Morgan fingerprint density at radius 3 is 2.60 bits per heavy atom. The van der Waals surface area contributed by atoms with E-state index in [-0.39, 0.29) is 13.0 Å². The monoisotopic (exact) mass is 369 g/mol. The standard InChI is InChI=1S/C18H15ClF3NO2/c19-14-6-7-16-13(8-14)9-15(10-18(20,21)22)23(16)17(24)25-11-12-4-2-1-3-5-12/h1-8,15H,9-11H2. The molecule has 132 valence electrons. The van der Waals surface area contributed by atoms with Crippen molar-refractivity contribution in [3.05, 3.63) is 64.7 Å². The topological polar surface area (TPSA) is 29.5 Å². The van der Waals surface area contributed by atoms with Crippen molar-refractivity contribution in [2.24, 2.45) is 0 Å². The molecule has 0 saturated heterocycles. The van der Waals surface area contributed by atoms with Gasteiger partial charge >= 0.3 is 12.3 Å². The van der Waals surface area contributed by atoms with Gasteiger partial charge in [0.1, 0.15) is 6.61 Å². The van der Waals surface area contributed by atoms with E-state index >= 15 is 0 Å². The Labute approximate surface area is 148 Å². The van der Waals surface area contributed by atoms with Gasteiger partial charge in [0.25, 0.3) is 0 Å². The summed E-state index contributed by atoms with van der Waals surface area (Å²) in [6, 6.07) is 12.6. The maximum atomic E-state index is 12.9. The van der Waals surface area contributed by atoms with Crippen LogP contribution in [0.3, 0.4) is 0 Å². The molecule has 1 atom stereocenters. The van der Waals surface area contributed by atoms with Crippen LogP contribution < -0.4 is 4.90 Å². The minimum Gasteiger partial charge on any atom is -0.444 e. The zero-order valence-corrected chi connectivity index (χ0v) is 13.8. The molecule has 0 spiro atoms. The van der Waals surface area contributed by atoms with Crippen molar-refractivity contribution < 1.29 is 22.7 Å². The van der Waals surface area contributed by atoms with Crippen molar-refractivity contribution in [1.29, 1.82) is 0 Å². The van der Waals surface area contributed by atoms with Crippen LogP contribution in [0.4, 0.5) is 23.7 Å². The maximum Gasteiger partial charge on any atom is 0.414 e. The number of fused-ring (bicyclic) bond motifs is 1. The molecule has 0 aromatic heterocycles. The molecule has 0 N–H and O–H groups in total. The predicted molar refractivity (Wildman–Crippen MR) is 88.7 cm³/mol.